The maximum Gasteiger partial charge on any atom is 0.186 e. The summed E-state index contributed by atoms with van der Waals surface area (Å²) in [6.07, 6.45) is 11.5. The molecule has 5 N–H and O–H groups in total. The number of guanidine groups is 1. The van der Waals surface area contributed by atoms with E-state index in [9.17, 15) is 0 Å². The van der Waals surface area contributed by atoms with Gasteiger partial charge in [-0.05, 0) is 54.8 Å². The summed E-state index contributed by atoms with van der Waals surface area (Å²) in [7, 11) is 1.65. The molecule has 0 unspecified atom stereocenters. The number of pyridine rings is 1. The molecule has 2 aromatic heterocycles. The summed E-state index contributed by atoms with van der Waals surface area (Å²) in [5, 5.41) is 4.49. The minimum absolute atomic E-state index is 0.0174. The van der Waals surface area contributed by atoms with E-state index in [2.05, 4.69) is 15.3 Å². The van der Waals surface area contributed by atoms with E-state index in [-0.39, 0.29) is 18.0 Å². The van der Waals surface area contributed by atoms with Crippen LogP contribution in [0, 0.1) is 0 Å². The average molecular weight is 418 g/mol. The minimum Gasteiger partial charge on any atom is -0.497 e. The summed E-state index contributed by atoms with van der Waals surface area (Å²) in [6.45, 7) is 0. The van der Waals surface area contributed by atoms with Gasteiger partial charge in [0.25, 0.3) is 0 Å². The Kier molecular flexibility index (Phi) is 6.26. The monoisotopic (exact) mass is 417 g/mol. The van der Waals surface area contributed by atoms with E-state index < -0.39 is 0 Å². The Bertz CT molecular complexity index is 1090. The number of nitrogens with one attached hydrogen (secondary N) is 1. The lowest BCUT2D eigenvalue weighted by atomic mass is 9.90. The Balaban J connectivity index is 1.72. The summed E-state index contributed by atoms with van der Waals surface area (Å²) < 4.78 is 5.42. The molecule has 0 amide bonds. The number of methoxy groups -OCH3 is 1. The van der Waals surface area contributed by atoms with Crippen LogP contribution in [0.1, 0.15) is 37.1 Å². The molecule has 1 aliphatic carbocycles. The maximum atomic E-state index is 5.67. The molecule has 1 fully saturated rings. The van der Waals surface area contributed by atoms with Gasteiger partial charge in [-0.2, -0.15) is 0 Å². The van der Waals surface area contributed by atoms with Crippen LogP contribution in [0.25, 0.3) is 23.1 Å². The normalized spacial score (nSPS) is 18.7. The lowest BCUT2D eigenvalue weighted by Gasteiger charge is -2.30. The Morgan fingerprint density at radius 2 is 2.03 bits per heavy atom. The number of rotatable bonds is 6. The molecular weight excluding hydrogens is 390 g/mol. The first-order valence-electron chi connectivity index (χ1n) is 10.4. The zero-order valence-electron chi connectivity index (χ0n) is 17.5. The summed E-state index contributed by atoms with van der Waals surface area (Å²) in [4.78, 5) is 18.1. The summed E-state index contributed by atoms with van der Waals surface area (Å²) in [5.74, 6) is 2.23. The van der Waals surface area contributed by atoms with Crippen molar-refractivity contribution in [2.24, 2.45) is 16.5 Å². The second-order valence-corrected chi connectivity index (χ2v) is 7.59. The van der Waals surface area contributed by atoms with Gasteiger partial charge in [-0.3, -0.25) is 4.98 Å². The molecule has 4 rings (SSSR count). The lowest BCUT2D eigenvalue weighted by Crippen LogP contribution is -2.38. The molecule has 0 bridgehead atoms. The van der Waals surface area contributed by atoms with E-state index >= 15 is 0 Å². The number of aliphatic imine (C=N–C) groups is 1. The van der Waals surface area contributed by atoms with Crippen molar-refractivity contribution in [3.05, 3.63) is 54.1 Å². The van der Waals surface area contributed by atoms with Gasteiger partial charge in [0.15, 0.2) is 11.8 Å². The summed E-state index contributed by atoms with van der Waals surface area (Å²) in [5.41, 5.74) is 13.2. The zero-order chi connectivity index (χ0) is 21.6. The van der Waals surface area contributed by atoms with Crippen LogP contribution < -0.4 is 21.5 Å². The van der Waals surface area contributed by atoms with E-state index in [4.69, 9.17) is 26.2 Å². The second-order valence-electron chi connectivity index (χ2n) is 7.59. The van der Waals surface area contributed by atoms with Crippen LogP contribution >= 0.6 is 0 Å². The van der Waals surface area contributed by atoms with Crippen LogP contribution in [-0.4, -0.2) is 40.1 Å². The highest BCUT2D eigenvalue weighted by atomic mass is 16.5. The van der Waals surface area contributed by atoms with Gasteiger partial charge in [-0.25, -0.2) is 15.0 Å². The van der Waals surface area contributed by atoms with E-state index in [0.717, 1.165) is 53.7 Å². The first kappa shape index (κ1) is 20.6. The van der Waals surface area contributed by atoms with Crippen molar-refractivity contribution in [1.82, 2.24) is 15.0 Å². The van der Waals surface area contributed by atoms with Gasteiger partial charge >= 0.3 is 0 Å². The summed E-state index contributed by atoms with van der Waals surface area (Å²) >= 11 is 0. The largest absolute Gasteiger partial charge is 0.497 e. The molecule has 3 aromatic rings. The number of ether oxygens (including phenoxy) is 1. The fourth-order valence-electron chi connectivity index (χ4n) is 3.88. The van der Waals surface area contributed by atoms with Gasteiger partial charge in [0.1, 0.15) is 11.6 Å². The third-order valence-corrected chi connectivity index (χ3v) is 5.40. The van der Waals surface area contributed by atoms with Crippen LogP contribution in [0.2, 0.25) is 0 Å². The number of nitrogens with two attached hydrogens (primary N) is 2. The van der Waals surface area contributed by atoms with E-state index in [1.54, 1.807) is 19.5 Å². The predicted octanol–water partition coefficient (Wildman–Crippen LogP) is 3.20. The third-order valence-electron chi connectivity index (χ3n) is 5.40. The topological polar surface area (TPSA) is 124 Å². The molecule has 2 atom stereocenters. The smallest absolute Gasteiger partial charge is 0.186 e. The van der Waals surface area contributed by atoms with Gasteiger partial charge < -0.3 is 21.5 Å². The van der Waals surface area contributed by atoms with Crippen LogP contribution in [-0.2, 0) is 0 Å². The van der Waals surface area contributed by atoms with Crippen LogP contribution in [0.4, 0.5) is 5.82 Å². The van der Waals surface area contributed by atoms with Gasteiger partial charge in [0, 0.05) is 17.8 Å². The molecule has 0 radical (unpaired) electrons. The highest BCUT2D eigenvalue weighted by molar-refractivity contribution is 5.91. The molecule has 8 heteroatoms. The number of fused-ring (bicyclic) bond motifs is 1. The van der Waals surface area contributed by atoms with Crippen molar-refractivity contribution in [2.45, 2.75) is 37.8 Å². The minimum atomic E-state index is 0.0174. The van der Waals surface area contributed by atoms with Crippen molar-refractivity contribution in [3.63, 3.8) is 0 Å². The first-order chi connectivity index (χ1) is 15.1. The standard InChI is InChI=1S/C23H27N7O/c1-31-16-9-10-18-17(13-16)22(28-19-6-2-3-7-20(19)29-23(24)25)30-21(27-18)11-8-15-5-4-12-26-14-15/h4-5,8-14,19-20H,2-3,6-7H2,1H3,(H4,24,25,29)(H,27,28,30)/b11-8+/t19-,20+/m0/s1. The number of nitrogens with zero attached hydrogens (tertiary/aromatic N) is 4. The quantitative estimate of drug-likeness (QED) is 0.415. The molecule has 1 saturated carbocycles. The maximum absolute atomic E-state index is 5.67. The fourth-order valence-corrected chi connectivity index (χ4v) is 3.88. The van der Waals surface area contributed by atoms with Crippen LogP contribution in [0.5, 0.6) is 5.75 Å². The molecule has 31 heavy (non-hydrogen) atoms. The number of hydrogen-bond donors (Lipinski definition) is 3. The van der Waals surface area contributed by atoms with Crippen molar-refractivity contribution in [1.29, 1.82) is 0 Å². The average Bonchev–Trinajstić information content (AvgIpc) is 2.79. The Hall–Kier alpha value is -3.68. The highest BCUT2D eigenvalue weighted by Crippen LogP contribution is 2.29. The fraction of sp³-hybridized carbons (Fsp3) is 0.304. The number of aromatic nitrogens is 3. The van der Waals surface area contributed by atoms with Gasteiger partial charge in [0.2, 0.25) is 0 Å². The number of anilines is 1. The SMILES string of the molecule is COc1ccc2nc(/C=C/c3cccnc3)nc(N[C@H]3CCCC[C@H]3N=C(N)N)c2c1. The molecule has 2 heterocycles. The van der Waals surface area contributed by atoms with Crippen molar-refractivity contribution >= 4 is 34.8 Å². The molecule has 8 nitrogen and oxygen atoms in total. The van der Waals surface area contributed by atoms with Crippen LogP contribution in [0.3, 0.4) is 0 Å². The van der Waals surface area contributed by atoms with Crippen LogP contribution in [0.15, 0.2) is 47.7 Å². The van der Waals surface area contributed by atoms with E-state index in [1.807, 2.05) is 42.5 Å². The van der Waals surface area contributed by atoms with Gasteiger partial charge in [-0.1, -0.05) is 18.9 Å². The number of benzene rings is 1. The molecule has 0 spiro atoms. The van der Waals surface area contributed by atoms with Crippen molar-refractivity contribution in [2.75, 3.05) is 12.4 Å². The molecular formula is C23H27N7O. The predicted molar refractivity (Wildman–Crippen MR) is 125 cm³/mol. The third kappa shape index (κ3) is 5.09. The molecule has 1 aromatic carbocycles. The van der Waals surface area contributed by atoms with Crippen molar-refractivity contribution in [3.8, 4) is 5.75 Å². The molecule has 0 aliphatic heterocycles. The second kappa shape index (κ2) is 9.42. The highest BCUT2D eigenvalue weighted by Gasteiger charge is 2.26. The van der Waals surface area contributed by atoms with Gasteiger partial charge in [-0.15, -0.1) is 0 Å². The van der Waals surface area contributed by atoms with Gasteiger partial charge in [0.05, 0.1) is 24.7 Å². The zero-order valence-corrected chi connectivity index (χ0v) is 17.5. The van der Waals surface area contributed by atoms with Crippen molar-refractivity contribution < 1.29 is 4.74 Å². The molecule has 0 saturated heterocycles. The molecule has 160 valence electrons. The number of hydrogen-bond acceptors (Lipinski definition) is 6. The lowest BCUT2D eigenvalue weighted by molar-refractivity contribution is 0.405. The summed E-state index contributed by atoms with van der Waals surface area (Å²) in [6, 6.07) is 9.78. The Morgan fingerprint density at radius 3 is 2.81 bits per heavy atom. The Labute approximate surface area is 181 Å². The molecule has 1 aliphatic rings. The van der Waals surface area contributed by atoms with E-state index in [0.29, 0.717) is 5.82 Å². The Morgan fingerprint density at radius 1 is 1.16 bits per heavy atom. The first-order valence-corrected chi connectivity index (χ1v) is 10.4. The van der Waals surface area contributed by atoms with E-state index in [1.165, 1.54) is 0 Å².